The zero-order chi connectivity index (χ0) is 26.7. The normalized spacial score (nSPS) is 20.0. The van der Waals surface area contributed by atoms with Crippen molar-refractivity contribution in [3.05, 3.63) is 57.3 Å². The van der Waals surface area contributed by atoms with Gasteiger partial charge in [-0.15, -0.1) is 0 Å². The molecule has 8 nitrogen and oxygen atoms in total. The van der Waals surface area contributed by atoms with Crippen LogP contribution in [0.15, 0.2) is 35.2 Å². The Labute approximate surface area is 216 Å². The zero-order valence-electron chi connectivity index (χ0n) is 21.3. The van der Waals surface area contributed by atoms with Gasteiger partial charge in [0.15, 0.2) is 9.84 Å². The molecule has 1 fully saturated rings. The second kappa shape index (κ2) is 11.0. The summed E-state index contributed by atoms with van der Waals surface area (Å²) in [5.74, 6) is -0.631. The number of allylic oxidation sites excluding steroid dienone is 2. The highest BCUT2D eigenvalue weighted by Gasteiger charge is 2.30. The number of sulfone groups is 1. The summed E-state index contributed by atoms with van der Waals surface area (Å²) in [7, 11) is -3.47. The van der Waals surface area contributed by atoms with Gasteiger partial charge in [-0.2, -0.15) is 0 Å². The molecule has 0 bridgehead atoms. The van der Waals surface area contributed by atoms with Crippen molar-refractivity contribution in [2.75, 3.05) is 11.6 Å². The molecular formula is C27H33FN4O4S. The SMILES string of the molecule is CC(C)NC(=O)C1CCC(n2c(NC(=O)c3ccc(F)cc3)nc3c2=CC(S(C)(=O)=O)=CCCC=3)CC1. The number of anilines is 1. The molecule has 0 atom stereocenters. The van der Waals surface area contributed by atoms with Crippen LogP contribution < -0.4 is 21.3 Å². The van der Waals surface area contributed by atoms with Gasteiger partial charge in [0.25, 0.3) is 5.91 Å². The number of rotatable bonds is 6. The van der Waals surface area contributed by atoms with Crippen molar-refractivity contribution in [2.24, 2.45) is 5.92 Å². The number of fused-ring (bicyclic) bond motifs is 1. The van der Waals surface area contributed by atoms with E-state index < -0.39 is 21.6 Å². The third-order valence-electron chi connectivity index (χ3n) is 6.73. The third kappa shape index (κ3) is 6.36. The summed E-state index contributed by atoms with van der Waals surface area (Å²) >= 11 is 0. The van der Waals surface area contributed by atoms with Crippen LogP contribution in [0.2, 0.25) is 0 Å². The molecule has 0 unspecified atom stereocenters. The summed E-state index contributed by atoms with van der Waals surface area (Å²) in [5.41, 5.74) is 0.280. The van der Waals surface area contributed by atoms with Crippen LogP contribution in [0.3, 0.4) is 0 Å². The Kier molecular flexibility index (Phi) is 7.96. The van der Waals surface area contributed by atoms with E-state index in [1.165, 1.54) is 30.5 Å². The van der Waals surface area contributed by atoms with Crippen LogP contribution in [0.1, 0.15) is 68.8 Å². The summed E-state index contributed by atoms with van der Waals surface area (Å²) in [4.78, 5) is 30.5. The standard InChI is InChI=1S/C27H33FN4O4S/c1-17(2)29-25(33)19-10-14-21(15-11-19)32-24-16-22(37(3,35)36)6-4-5-7-23(24)30-27(32)31-26(34)18-8-12-20(28)13-9-18/h6-9,12-13,16-17,19,21H,4-5,10-11,14-15H2,1-3H3,(H,29,33)(H,30,31,34). The average Bonchev–Trinajstić information content (AvgIpc) is 3.13. The minimum Gasteiger partial charge on any atom is -0.354 e. The first kappa shape index (κ1) is 26.8. The van der Waals surface area contributed by atoms with E-state index in [1.54, 1.807) is 12.2 Å². The van der Waals surface area contributed by atoms with Crippen LogP contribution in [-0.2, 0) is 14.6 Å². The highest BCUT2D eigenvalue weighted by molar-refractivity contribution is 7.95. The van der Waals surface area contributed by atoms with Gasteiger partial charge in [-0.05, 0) is 82.7 Å². The first-order chi connectivity index (χ1) is 17.5. The van der Waals surface area contributed by atoms with E-state index in [-0.39, 0.29) is 34.4 Å². The van der Waals surface area contributed by atoms with Crippen molar-refractivity contribution in [3.8, 4) is 0 Å². The molecule has 2 amide bonds. The molecule has 37 heavy (non-hydrogen) atoms. The summed E-state index contributed by atoms with van der Waals surface area (Å²) in [5, 5.41) is 7.05. The number of hydrogen-bond acceptors (Lipinski definition) is 5. The van der Waals surface area contributed by atoms with Gasteiger partial charge in [-0.25, -0.2) is 17.8 Å². The van der Waals surface area contributed by atoms with Gasteiger partial charge >= 0.3 is 0 Å². The van der Waals surface area contributed by atoms with E-state index in [0.717, 1.165) is 0 Å². The molecule has 1 aromatic carbocycles. The van der Waals surface area contributed by atoms with Crippen LogP contribution in [0.4, 0.5) is 10.3 Å². The largest absolute Gasteiger partial charge is 0.354 e. The Hall–Kier alpha value is -3.27. The first-order valence-electron chi connectivity index (χ1n) is 12.6. The molecule has 4 rings (SSSR count). The lowest BCUT2D eigenvalue weighted by atomic mass is 9.85. The van der Waals surface area contributed by atoms with Gasteiger partial charge in [0.05, 0.1) is 15.6 Å². The number of nitrogens with one attached hydrogen (secondary N) is 2. The number of halogens is 1. The number of benzene rings is 1. The predicted molar refractivity (Wildman–Crippen MR) is 141 cm³/mol. The van der Waals surface area contributed by atoms with Crippen molar-refractivity contribution in [1.82, 2.24) is 14.9 Å². The van der Waals surface area contributed by atoms with Gasteiger partial charge in [0.1, 0.15) is 5.82 Å². The van der Waals surface area contributed by atoms with Gasteiger partial charge in [-0.3, -0.25) is 14.9 Å². The molecule has 198 valence electrons. The van der Waals surface area contributed by atoms with Crippen molar-refractivity contribution < 1.29 is 22.4 Å². The highest BCUT2D eigenvalue weighted by Crippen LogP contribution is 2.33. The van der Waals surface area contributed by atoms with Crippen LogP contribution >= 0.6 is 0 Å². The zero-order valence-corrected chi connectivity index (χ0v) is 22.1. The maximum atomic E-state index is 13.4. The molecule has 0 spiro atoms. The van der Waals surface area contributed by atoms with Crippen LogP contribution in [0.25, 0.3) is 12.2 Å². The Morgan fingerprint density at radius 1 is 1.05 bits per heavy atom. The maximum absolute atomic E-state index is 13.4. The highest BCUT2D eigenvalue weighted by atomic mass is 32.2. The second-order valence-electron chi connectivity index (χ2n) is 10.0. The molecular weight excluding hydrogens is 495 g/mol. The van der Waals surface area contributed by atoms with E-state index in [2.05, 4.69) is 15.6 Å². The maximum Gasteiger partial charge on any atom is 0.257 e. The number of carbonyl (C=O) groups is 2. The van der Waals surface area contributed by atoms with Crippen LogP contribution in [0, 0.1) is 11.7 Å². The average molecular weight is 529 g/mol. The molecule has 0 aliphatic heterocycles. The molecule has 1 aromatic heterocycles. The van der Waals surface area contributed by atoms with Crippen molar-refractivity contribution in [2.45, 2.75) is 64.5 Å². The molecule has 0 saturated heterocycles. The lowest BCUT2D eigenvalue weighted by molar-refractivity contribution is -0.126. The van der Waals surface area contributed by atoms with Crippen LogP contribution in [-0.4, -0.2) is 42.1 Å². The summed E-state index contributed by atoms with van der Waals surface area (Å²) in [6, 6.07) is 5.21. The Morgan fingerprint density at radius 3 is 2.32 bits per heavy atom. The molecule has 2 aromatic rings. The molecule has 2 aliphatic rings. The first-order valence-corrected chi connectivity index (χ1v) is 14.5. The smallest absolute Gasteiger partial charge is 0.257 e. The van der Waals surface area contributed by atoms with Gasteiger partial charge in [0.2, 0.25) is 11.9 Å². The molecule has 2 N–H and O–H groups in total. The van der Waals surface area contributed by atoms with E-state index >= 15 is 0 Å². The number of nitrogens with zero attached hydrogens (tertiary/aromatic N) is 2. The van der Waals surface area contributed by atoms with Crippen molar-refractivity contribution >= 4 is 39.8 Å². The fourth-order valence-corrected chi connectivity index (χ4v) is 5.63. The summed E-state index contributed by atoms with van der Waals surface area (Å²) in [6.07, 6.45) is 10.3. The lowest BCUT2D eigenvalue weighted by Gasteiger charge is -2.30. The minimum atomic E-state index is -3.47. The summed E-state index contributed by atoms with van der Waals surface area (Å²) in [6.45, 7) is 3.87. The Balaban J connectivity index is 1.74. The lowest BCUT2D eigenvalue weighted by Crippen LogP contribution is -2.39. The number of carbonyl (C=O) groups excluding carboxylic acids is 2. The fraction of sp³-hybridized carbons (Fsp3) is 0.444. The second-order valence-corrected chi connectivity index (χ2v) is 12.0. The number of hydrogen-bond donors (Lipinski definition) is 2. The van der Waals surface area contributed by atoms with Crippen LogP contribution in [0.5, 0.6) is 0 Å². The van der Waals surface area contributed by atoms with E-state index in [4.69, 9.17) is 0 Å². The van der Waals surface area contributed by atoms with E-state index in [1.807, 2.05) is 24.5 Å². The summed E-state index contributed by atoms with van der Waals surface area (Å²) < 4.78 is 40.2. The Morgan fingerprint density at radius 2 is 1.70 bits per heavy atom. The number of aromatic nitrogens is 2. The molecule has 1 saturated carbocycles. The molecule has 2 aliphatic carbocycles. The minimum absolute atomic E-state index is 0.0430. The predicted octanol–water partition coefficient (Wildman–Crippen LogP) is 2.81. The molecule has 1 heterocycles. The number of amides is 2. The molecule has 10 heteroatoms. The van der Waals surface area contributed by atoms with Gasteiger partial charge in [0, 0.05) is 29.8 Å². The fourth-order valence-electron chi connectivity index (χ4n) is 4.89. The molecule has 0 radical (unpaired) electrons. The monoisotopic (exact) mass is 528 g/mol. The van der Waals surface area contributed by atoms with Gasteiger partial charge < -0.3 is 9.88 Å². The third-order valence-corrected chi connectivity index (χ3v) is 7.87. The van der Waals surface area contributed by atoms with Gasteiger partial charge in [-0.1, -0.05) is 12.2 Å². The van der Waals surface area contributed by atoms with Crippen molar-refractivity contribution in [3.63, 3.8) is 0 Å². The van der Waals surface area contributed by atoms with Crippen molar-refractivity contribution in [1.29, 1.82) is 0 Å². The number of imidazole rings is 1. The Bertz CT molecular complexity index is 1430. The quantitative estimate of drug-likeness (QED) is 0.599. The topological polar surface area (TPSA) is 110 Å². The van der Waals surface area contributed by atoms with E-state index in [0.29, 0.717) is 55.2 Å². The van der Waals surface area contributed by atoms with E-state index in [9.17, 15) is 22.4 Å².